The number of nitrogens with two attached hydrogens (primary N) is 1. The zero-order valence-corrected chi connectivity index (χ0v) is 18.9. The van der Waals surface area contributed by atoms with Crippen LogP contribution in [0.15, 0.2) is 91.3 Å². The second kappa shape index (κ2) is 9.87. The Labute approximate surface area is 202 Å². The minimum absolute atomic E-state index is 0.0644. The van der Waals surface area contributed by atoms with Gasteiger partial charge in [0.15, 0.2) is 5.78 Å². The number of nitrogens with one attached hydrogen (secondary N) is 2. The third-order valence-electron chi connectivity index (χ3n) is 5.95. The molecule has 35 heavy (non-hydrogen) atoms. The van der Waals surface area contributed by atoms with Crippen molar-refractivity contribution in [1.29, 1.82) is 0 Å². The largest absolute Gasteiger partial charge is 0.363 e. The van der Waals surface area contributed by atoms with Crippen LogP contribution in [0, 0.1) is 5.82 Å². The molecule has 5 aromatic rings. The third kappa shape index (κ3) is 4.95. The number of fused-ring (bicyclic) bond motifs is 1. The van der Waals surface area contributed by atoms with E-state index in [9.17, 15) is 9.18 Å². The highest BCUT2D eigenvalue weighted by Gasteiger charge is 2.17. The predicted molar refractivity (Wildman–Crippen MR) is 135 cm³/mol. The molecule has 7 heteroatoms. The summed E-state index contributed by atoms with van der Waals surface area (Å²) in [6.07, 6.45) is 4.09. The van der Waals surface area contributed by atoms with Crippen LogP contribution in [0.5, 0.6) is 0 Å². The Hall–Kier alpha value is -4.36. The molecule has 0 bridgehead atoms. The van der Waals surface area contributed by atoms with Crippen molar-refractivity contribution < 1.29 is 9.18 Å². The van der Waals surface area contributed by atoms with Crippen LogP contribution in [-0.2, 0) is 11.2 Å². The van der Waals surface area contributed by atoms with Crippen LogP contribution in [0.1, 0.15) is 22.9 Å². The van der Waals surface area contributed by atoms with E-state index in [4.69, 9.17) is 10.7 Å². The number of carbonyl (C=O) groups is 1. The van der Waals surface area contributed by atoms with Gasteiger partial charge in [0.2, 0.25) is 0 Å². The number of aromatic amines is 1. The highest BCUT2D eigenvalue weighted by molar-refractivity contribution is 5.96. The summed E-state index contributed by atoms with van der Waals surface area (Å²) >= 11 is 0. The Kier molecular flexibility index (Phi) is 6.32. The molecule has 6 nitrogen and oxygen atoms in total. The smallest absolute Gasteiger partial charge is 0.173 e. The second-order valence-corrected chi connectivity index (χ2v) is 8.32. The number of anilines is 1. The second-order valence-electron chi connectivity index (χ2n) is 8.32. The Morgan fingerprint density at radius 1 is 0.971 bits per heavy atom. The molecule has 5 rings (SSSR count). The molecule has 0 aliphatic heterocycles. The molecule has 174 valence electrons. The molecule has 0 saturated carbocycles. The first kappa shape index (κ1) is 22.4. The third-order valence-corrected chi connectivity index (χ3v) is 5.95. The minimum atomic E-state index is -0.696. The van der Waals surface area contributed by atoms with E-state index in [2.05, 4.69) is 15.3 Å². The number of nitrogens with zero attached hydrogens (tertiary/aromatic N) is 2. The Morgan fingerprint density at radius 3 is 2.46 bits per heavy atom. The lowest BCUT2D eigenvalue weighted by atomic mass is 10.00. The van der Waals surface area contributed by atoms with Crippen LogP contribution >= 0.6 is 0 Å². The summed E-state index contributed by atoms with van der Waals surface area (Å²) in [6.45, 7) is 0.0644. The number of ketones is 1. The van der Waals surface area contributed by atoms with E-state index in [-0.39, 0.29) is 18.1 Å². The average Bonchev–Trinajstić information content (AvgIpc) is 3.26. The van der Waals surface area contributed by atoms with Crippen molar-refractivity contribution in [3.05, 3.63) is 114 Å². The molecule has 0 radical (unpaired) electrons. The topological polar surface area (TPSA) is 96.7 Å². The standard InChI is InChI=1S/C28H24FN5O/c29-21-8-6-18(7-9-21)16-23-26(19-12-14-31-15-13-19)22-10-11-25(34-28(22)33-23)32-17-24(35)27(30)20-4-2-1-3-5-20/h1-15,27H,16-17,30H2,(H2,32,33,34)/t27-/m0/s1. The number of Topliss-reactive ketones (excluding diaryl/α,β-unsaturated/α-hetero) is 1. The van der Waals surface area contributed by atoms with Gasteiger partial charge in [0, 0.05) is 35.5 Å². The van der Waals surface area contributed by atoms with Gasteiger partial charge in [0.1, 0.15) is 17.3 Å². The van der Waals surface area contributed by atoms with Crippen LogP contribution in [0.4, 0.5) is 10.2 Å². The Balaban J connectivity index is 1.42. The highest BCUT2D eigenvalue weighted by Crippen LogP contribution is 2.33. The monoisotopic (exact) mass is 465 g/mol. The molecular formula is C28H24FN5O. The highest BCUT2D eigenvalue weighted by atomic mass is 19.1. The molecule has 4 N–H and O–H groups in total. The van der Waals surface area contributed by atoms with E-state index in [1.165, 1.54) is 12.1 Å². The van der Waals surface area contributed by atoms with E-state index in [0.29, 0.717) is 17.9 Å². The first-order valence-electron chi connectivity index (χ1n) is 11.3. The van der Waals surface area contributed by atoms with Gasteiger partial charge in [0.05, 0.1) is 12.6 Å². The number of benzene rings is 2. The van der Waals surface area contributed by atoms with Gasteiger partial charge in [-0.15, -0.1) is 0 Å². The number of halogens is 1. The summed E-state index contributed by atoms with van der Waals surface area (Å²) in [4.78, 5) is 24.9. The lowest BCUT2D eigenvalue weighted by molar-refractivity contribution is -0.118. The maximum atomic E-state index is 13.4. The van der Waals surface area contributed by atoms with E-state index in [0.717, 1.165) is 33.3 Å². The van der Waals surface area contributed by atoms with Crippen LogP contribution in [-0.4, -0.2) is 27.3 Å². The summed E-state index contributed by atoms with van der Waals surface area (Å²) < 4.78 is 13.4. The summed E-state index contributed by atoms with van der Waals surface area (Å²) in [5, 5.41) is 4.05. The van der Waals surface area contributed by atoms with E-state index in [1.54, 1.807) is 24.5 Å². The normalized spacial score (nSPS) is 11.9. The number of hydrogen-bond donors (Lipinski definition) is 3. The first-order valence-corrected chi connectivity index (χ1v) is 11.3. The van der Waals surface area contributed by atoms with Crippen LogP contribution < -0.4 is 11.1 Å². The summed E-state index contributed by atoms with van der Waals surface area (Å²) in [5.41, 5.74) is 11.6. The molecule has 1 atom stereocenters. The van der Waals surface area contributed by atoms with Crippen molar-refractivity contribution in [2.45, 2.75) is 12.5 Å². The molecule has 0 fully saturated rings. The van der Waals surface area contributed by atoms with E-state index >= 15 is 0 Å². The van der Waals surface area contributed by atoms with Crippen molar-refractivity contribution in [3.8, 4) is 11.1 Å². The molecule has 3 aromatic heterocycles. The molecule has 0 amide bonds. The average molecular weight is 466 g/mol. The van der Waals surface area contributed by atoms with Crippen LogP contribution in [0.3, 0.4) is 0 Å². The number of hydrogen-bond acceptors (Lipinski definition) is 5. The molecule has 0 aliphatic carbocycles. The maximum absolute atomic E-state index is 13.4. The number of carbonyl (C=O) groups excluding carboxylic acids is 1. The summed E-state index contributed by atoms with van der Waals surface area (Å²) in [5.74, 6) is 0.180. The van der Waals surface area contributed by atoms with Gasteiger partial charge >= 0.3 is 0 Å². The van der Waals surface area contributed by atoms with Gasteiger partial charge in [-0.1, -0.05) is 42.5 Å². The zero-order chi connectivity index (χ0) is 24.2. The van der Waals surface area contributed by atoms with Gasteiger partial charge in [0.25, 0.3) is 0 Å². The van der Waals surface area contributed by atoms with E-state index < -0.39 is 6.04 Å². The fourth-order valence-corrected chi connectivity index (χ4v) is 4.14. The summed E-state index contributed by atoms with van der Waals surface area (Å²) in [7, 11) is 0. The van der Waals surface area contributed by atoms with Crippen molar-refractivity contribution in [3.63, 3.8) is 0 Å². The van der Waals surface area contributed by atoms with Crippen molar-refractivity contribution in [1.82, 2.24) is 15.0 Å². The molecule has 0 saturated heterocycles. The fraction of sp³-hybridized carbons (Fsp3) is 0.107. The molecule has 2 aromatic carbocycles. The Bertz CT molecular complexity index is 1450. The van der Waals surface area contributed by atoms with Crippen molar-refractivity contribution in [2.75, 3.05) is 11.9 Å². The van der Waals surface area contributed by atoms with E-state index in [1.807, 2.05) is 54.6 Å². The number of H-pyrrole nitrogens is 1. The lowest BCUT2D eigenvalue weighted by Crippen LogP contribution is -2.27. The number of aromatic nitrogens is 3. The van der Waals surface area contributed by atoms with Crippen molar-refractivity contribution >= 4 is 22.6 Å². The quantitative estimate of drug-likeness (QED) is 0.298. The fourth-order valence-electron chi connectivity index (χ4n) is 4.14. The number of pyridine rings is 2. The molecular weight excluding hydrogens is 441 g/mol. The Morgan fingerprint density at radius 2 is 1.71 bits per heavy atom. The SMILES string of the molecule is N[C@H](C(=O)CNc1ccc2c(-c3ccncc3)c(Cc3ccc(F)cc3)[nH]c2n1)c1ccccc1. The van der Waals surface area contributed by atoms with Gasteiger partial charge in [-0.3, -0.25) is 9.78 Å². The van der Waals surface area contributed by atoms with Crippen LogP contribution in [0.25, 0.3) is 22.2 Å². The lowest BCUT2D eigenvalue weighted by Gasteiger charge is -2.12. The number of rotatable bonds is 8. The first-order chi connectivity index (χ1) is 17.1. The van der Waals surface area contributed by atoms with Gasteiger partial charge in [-0.05, 0) is 53.1 Å². The summed E-state index contributed by atoms with van der Waals surface area (Å²) in [6, 6.07) is 22.8. The van der Waals surface area contributed by atoms with Gasteiger partial charge < -0.3 is 16.0 Å². The zero-order valence-electron chi connectivity index (χ0n) is 18.9. The van der Waals surface area contributed by atoms with Crippen molar-refractivity contribution in [2.24, 2.45) is 5.73 Å². The molecule has 0 spiro atoms. The molecule has 0 aliphatic rings. The minimum Gasteiger partial charge on any atom is -0.363 e. The maximum Gasteiger partial charge on any atom is 0.173 e. The molecule has 0 unspecified atom stereocenters. The van der Waals surface area contributed by atoms with Crippen LogP contribution in [0.2, 0.25) is 0 Å². The predicted octanol–water partition coefficient (Wildman–Crippen LogP) is 5.04. The van der Waals surface area contributed by atoms with Gasteiger partial charge in [-0.25, -0.2) is 9.37 Å². The molecule has 3 heterocycles. The van der Waals surface area contributed by atoms with Gasteiger partial charge in [-0.2, -0.15) is 0 Å².